The van der Waals surface area contributed by atoms with E-state index < -0.39 is 5.82 Å². The number of halogens is 2. The van der Waals surface area contributed by atoms with Crippen molar-refractivity contribution in [3.63, 3.8) is 0 Å². The third-order valence-corrected chi connectivity index (χ3v) is 3.86. The number of hydrogen-bond acceptors (Lipinski definition) is 2. The van der Waals surface area contributed by atoms with Gasteiger partial charge in [0.15, 0.2) is 0 Å². The Balaban J connectivity index is 2.37. The van der Waals surface area contributed by atoms with E-state index in [1.807, 2.05) is 0 Å². The van der Waals surface area contributed by atoms with Gasteiger partial charge in [-0.3, -0.25) is 0 Å². The lowest BCUT2D eigenvalue weighted by molar-refractivity contribution is -0.109. The van der Waals surface area contributed by atoms with Gasteiger partial charge in [-0.25, -0.2) is 4.39 Å². The Bertz CT molecular complexity index is 416. The Morgan fingerprint density at radius 1 is 1.41 bits per heavy atom. The van der Waals surface area contributed by atoms with E-state index in [0.29, 0.717) is 6.42 Å². The number of carbonyl (C=O) groups excluding carboxylic acids is 1. The van der Waals surface area contributed by atoms with Crippen LogP contribution in [0.3, 0.4) is 0 Å². The first-order valence-corrected chi connectivity index (χ1v) is 6.16. The van der Waals surface area contributed by atoms with E-state index in [1.54, 1.807) is 12.1 Å². The summed E-state index contributed by atoms with van der Waals surface area (Å²) >= 11 is 5.82. The average molecular weight is 256 g/mol. The van der Waals surface area contributed by atoms with E-state index in [4.69, 9.17) is 11.6 Å². The van der Waals surface area contributed by atoms with Crippen LogP contribution in [0.4, 0.5) is 4.39 Å². The second kappa shape index (κ2) is 5.15. The van der Waals surface area contributed by atoms with Crippen molar-refractivity contribution in [2.75, 3.05) is 13.1 Å². The fourth-order valence-corrected chi connectivity index (χ4v) is 2.68. The molecule has 0 saturated carbocycles. The molecule has 17 heavy (non-hydrogen) atoms. The number of hydrogen-bond donors (Lipinski definition) is 1. The van der Waals surface area contributed by atoms with Gasteiger partial charge in [-0.2, -0.15) is 0 Å². The lowest BCUT2D eigenvalue weighted by Crippen LogP contribution is -2.40. The lowest BCUT2D eigenvalue weighted by Gasteiger charge is -2.37. The molecule has 0 unspecified atom stereocenters. The van der Waals surface area contributed by atoms with Gasteiger partial charge in [0.2, 0.25) is 0 Å². The van der Waals surface area contributed by atoms with Gasteiger partial charge in [0, 0.05) is 11.8 Å². The van der Waals surface area contributed by atoms with Crippen LogP contribution in [0.15, 0.2) is 18.2 Å². The van der Waals surface area contributed by atoms with Gasteiger partial charge >= 0.3 is 0 Å². The molecule has 4 heteroatoms. The van der Waals surface area contributed by atoms with Crippen molar-refractivity contribution in [1.29, 1.82) is 0 Å². The summed E-state index contributed by atoms with van der Waals surface area (Å²) in [7, 11) is 0. The van der Waals surface area contributed by atoms with Crippen molar-refractivity contribution in [1.82, 2.24) is 5.32 Å². The van der Waals surface area contributed by atoms with Crippen molar-refractivity contribution in [3.05, 3.63) is 34.6 Å². The highest BCUT2D eigenvalue weighted by atomic mass is 35.5. The van der Waals surface area contributed by atoms with Crippen LogP contribution in [0.5, 0.6) is 0 Å². The van der Waals surface area contributed by atoms with Gasteiger partial charge in [-0.15, -0.1) is 0 Å². The predicted octanol–water partition coefficient (Wildman–Crippen LogP) is 2.69. The molecule has 1 saturated heterocycles. The van der Waals surface area contributed by atoms with E-state index in [0.717, 1.165) is 37.8 Å². The number of piperidine rings is 1. The van der Waals surface area contributed by atoms with E-state index >= 15 is 0 Å². The summed E-state index contributed by atoms with van der Waals surface area (Å²) < 4.78 is 13.2. The van der Waals surface area contributed by atoms with Gasteiger partial charge < -0.3 is 10.1 Å². The molecule has 0 aliphatic carbocycles. The third kappa shape index (κ3) is 2.50. The maximum atomic E-state index is 13.2. The maximum Gasteiger partial charge on any atom is 0.141 e. The van der Waals surface area contributed by atoms with Crippen LogP contribution < -0.4 is 5.32 Å². The fourth-order valence-electron chi connectivity index (χ4n) is 2.50. The minimum absolute atomic E-state index is 0.131. The van der Waals surface area contributed by atoms with Gasteiger partial charge in [0.1, 0.15) is 12.1 Å². The number of benzene rings is 1. The summed E-state index contributed by atoms with van der Waals surface area (Å²) in [6.45, 7) is 1.76. The number of rotatable bonds is 3. The summed E-state index contributed by atoms with van der Waals surface area (Å²) in [5.74, 6) is -0.411. The molecule has 0 radical (unpaired) electrons. The van der Waals surface area contributed by atoms with Crippen LogP contribution in [-0.2, 0) is 10.2 Å². The summed E-state index contributed by atoms with van der Waals surface area (Å²) in [6, 6.07) is 4.79. The summed E-state index contributed by atoms with van der Waals surface area (Å²) in [6.07, 6.45) is 3.18. The molecule has 1 fully saturated rings. The zero-order valence-corrected chi connectivity index (χ0v) is 10.3. The second-order valence-corrected chi connectivity index (χ2v) is 4.94. The molecule has 92 valence electrons. The molecule has 1 aromatic carbocycles. The SMILES string of the molecule is O=CCC1(c2ccc(F)c(Cl)c2)CCNCC1. The van der Waals surface area contributed by atoms with Crippen LogP contribution in [0, 0.1) is 5.82 Å². The Kier molecular flexibility index (Phi) is 3.79. The number of aldehydes is 1. The molecule has 1 N–H and O–H groups in total. The smallest absolute Gasteiger partial charge is 0.141 e. The molecule has 0 amide bonds. The van der Waals surface area contributed by atoms with Crippen molar-refractivity contribution in [2.24, 2.45) is 0 Å². The second-order valence-electron chi connectivity index (χ2n) is 4.53. The zero-order valence-electron chi connectivity index (χ0n) is 9.51. The Labute approximate surface area is 105 Å². The van der Waals surface area contributed by atoms with Crippen molar-refractivity contribution >= 4 is 17.9 Å². The predicted molar refractivity (Wildman–Crippen MR) is 65.9 cm³/mol. The summed E-state index contributed by atoms with van der Waals surface area (Å²) in [5.41, 5.74) is 0.794. The normalized spacial score (nSPS) is 18.9. The molecule has 2 nitrogen and oxygen atoms in total. The topological polar surface area (TPSA) is 29.1 Å². The molecule has 0 atom stereocenters. The number of nitrogens with one attached hydrogen (secondary N) is 1. The zero-order chi connectivity index (χ0) is 12.3. The van der Waals surface area contributed by atoms with Gasteiger partial charge in [0.25, 0.3) is 0 Å². The van der Waals surface area contributed by atoms with Crippen molar-refractivity contribution in [3.8, 4) is 0 Å². The molecular weight excluding hydrogens is 241 g/mol. The number of carbonyl (C=O) groups is 1. The highest BCUT2D eigenvalue weighted by Crippen LogP contribution is 2.37. The molecule has 2 rings (SSSR count). The molecular formula is C13H15ClFNO. The molecule has 0 aromatic heterocycles. The molecule has 1 aliphatic rings. The summed E-state index contributed by atoms with van der Waals surface area (Å²) in [5, 5.41) is 3.40. The van der Waals surface area contributed by atoms with E-state index in [9.17, 15) is 9.18 Å². The largest absolute Gasteiger partial charge is 0.317 e. The van der Waals surface area contributed by atoms with E-state index in [1.165, 1.54) is 6.07 Å². The van der Waals surface area contributed by atoms with Crippen LogP contribution >= 0.6 is 11.6 Å². The van der Waals surface area contributed by atoms with E-state index in [2.05, 4.69) is 5.32 Å². The van der Waals surface area contributed by atoms with Crippen LogP contribution in [0.25, 0.3) is 0 Å². The van der Waals surface area contributed by atoms with Crippen molar-refractivity contribution in [2.45, 2.75) is 24.7 Å². The molecule has 1 aliphatic heterocycles. The Morgan fingerprint density at radius 2 is 2.12 bits per heavy atom. The van der Waals surface area contributed by atoms with Gasteiger partial charge in [-0.05, 0) is 43.6 Å². The quantitative estimate of drug-likeness (QED) is 0.842. The lowest BCUT2D eigenvalue weighted by atomic mass is 9.71. The monoisotopic (exact) mass is 255 g/mol. The fraction of sp³-hybridized carbons (Fsp3) is 0.462. The maximum absolute atomic E-state index is 13.2. The third-order valence-electron chi connectivity index (χ3n) is 3.57. The molecule has 0 bridgehead atoms. The standard InChI is InChI=1S/C13H15ClFNO/c14-11-9-10(1-2-12(11)15)13(5-8-17)3-6-16-7-4-13/h1-2,8-9,16H,3-7H2. The molecule has 1 aromatic rings. The van der Waals surface area contributed by atoms with Gasteiger partial charge in [-0.1, -0.05) is 17.7 Å². The minimum atomic E-state index is -0.411. The van der Waals surface area contributed by atoms with Gasteiger partial charge in [0.05, 0.1) is 5.02 Å². The first-order chi connectivity index (χ1) is 8.18. The van der Waals surface area contributed by atoms with Crippen LogP contribution in [0.1, 0.15) is 24.8 Å². The van der Waals surface area contributed by atoms with Crippen molar-refractivity contribution < 1.29 is 9.18 Å². The Hall–Kier alpha value is -0.930. The first-order valence-electron chi connectivity index (χ1n) is 5.78. The molecule has 0 spiro atoms. The average Bonchev–Trinajstić information content (AvgIpc) is 2.34. The molecule has 1 heterocycles. The highest BCUT2D eigenvalue weighted by Gasteiger charge is 2.33. The minimum Gasteiger partial charge on any atom is -0.317 e. The Morgan fingerprint density at radius 3 is 2.71 bits per heavy atom. The summed E-state index contributed by atoms with van der Waals surface area (Å²) in [4.78, 5) is 10.9. The van der Waals surface area contributed by atoms with E-state index in [-0.39, 0.29) is 10.4 Å². The van der Waals surface area contributed by atoms with Crippen LogP contribution in [-0.4, -0.2) is 19.4 Å². The van der Waals surface area contributed by atoms with Crippen LogP contribution in [0.2, 0.25) is 5.02 Å². The highest BCUT2D eigenvalue weighted by molar-refractivity contribution is 6.30. The first kappa shape index (κ1) is 12.5.